The van der Waals surface area contributed by atoms with Gasteiger partial charge in [-0.25, -0.2) is 0 Å². The molecule has 3 rings (SSSR count). The predicted molar refractivity (Wildman–Crippen MR) is 104 cm³/mol. The third-order valence-corrected chi connectivity index (χ3v) is 5.52. The highest BCUT2D eigenvalue weighted by molar-refractivity contribution is 8.00. The summed E-state index contributed by atoms with van der Waals surface area (Å²) >= 11 is 2.59. The monoisotopic (exact) mass is 392 g/mol. The molecule has 0 aliphatic carbocycles. The fraction of sp³-hybridized carbons (Fsp3) is 0.412. The Kier molecular flexibility index (Phi) is 6.59. The van der Waals surface area contributed by atoms with E-state index in [1.165, 1.54) is 23.1 Å². The second-order valence-corrected chi connectivity index (χ2v) is 7.90. The first-order valence-electron chi connectivity index (χ1n) is 8.29. The quantitative estimate of drug-likeness (QED) is 0.752. The summed E-state index contributed by atoms with van der Waals surface area (Å²) in [6, 6.07) is 7.59. The van der Waals surface area contributed by atoms with E-state index < -0.39 is 0 Å². The van der Waals surface area contributed by atoms with Crippen molar-refractivity contribution in [1.29, 1.82) is 0 Å². The molecule has 9 heteroatoms. The maximum absolute atomic E-state index is 12.0. The third-order valence-electron chi connectivity index (χ3n) is 3.66. The number of nitrogens with zero attached hydrogens (tertiary/aromatic N) is 2. The Balaban J connectivity index is 1.38. The summed E-state index contributed by atoms with van der Waals surface area (Å²) in [5.74, 6) is 0.0488. The number of hydrogen-bond donors (Lipinski definition) is 2. The summed E-state index contributed by atoms with van der Waals surface area (Å²) < 4.78 is 5.55. The summed E-state index contributed by atoms with van der Waals surface area (Å²) in [6.45, 7) is 2.71. The molecule has 7 nitrogen and oxygen atoms in total. The van der Waals surface area contributed by atoms with Gasteiger partial charge in [0, 0.05) is 12.3 Å². The van der Waals surface area contributed by atoms with Gasteiger partial charge < -0.3 is 10.1 Å². The number of amides is 2. The van der Waals surface area contributed by atoms with E-state index in [-0.39, 0.29) is 29.4 Å². The van der Waals surface area contributed by atoms with Gasteiger partial charge in [0.05, 0.1) is 11.5 Å². The zero-order valence-corrected chi connectivity index (χ0v) is 16.0. The molecule has 1 unspecified atom stereocenters. The minimum absolute atomic E-state index is 0.00199. The number of carbonyl (C=O) groups is 2. The number of thioether (sulfide) groups is 1. The van der Waals surface area contributed by atoms with Gasteiger partial charge >= 0.3 is 0 Å². The smallest absolute Gasteiger partial charge is 0.236 e. The average Bonchev–Trinajstić information content (AvgIpc) is 3.26. The predicted octanol–water partition coefficient (Wildman–Crippen LogP) is 3.01. The lowest BCUT2D eigenvalue weighted by molar-refractivity contribution is -0.114. The van der Waals surface area contributed by atoms with Gasteiger partial charge in [-0.3, -0.25) is 14.9 Å². The Bertz CT molecular complexity index is 775. The van der Waals surface area contributed by atoms with Crippen molar-refractivity contribution in [3.05, 3.63) is 34.8 Å². The van der Waals surface area contributed by atoms with Gasteiger partial charge in [0.1, 0.15) is 11.1 Å². The Labute approximate surface area is 159 Å². The molecule has 1 atom stereocenters. The van der Waals surface area contributed by atoms with Crippen LogP contribution in [0.4, 0.5) is 10.8 Å². The molecule has 1 aromatic heterocycles. The number of carbonyl (C=O) groups excluding carboxylic acids is 2. The summed E-state index contributed by atoms with van der Waals surface area (Å²) in [5, 5.41) is 14.8. The second kappa shape index (κ2) is 9.11. The summed E-state index contributed by atoms with van der Waals surface area (Å²) in [6.07, 6.45) is 1.96. The molecule has 1 aliphatic rings. The Hall–Kier alpha value is -1.97. The van der Waals surface area contributed by atoms with Gasteiger partial charge in [-0.15, -0.1) is 22.0 Å². The van der Waals surface area contributed by atoms with E-state index in [9.17, 15) is 9.59 Å². The first-order valence-corrected chi connectivity index (χ1v) is 10.3. The molecule has 2 heterocycles. The van der Waals surface area contributed by atoms with E-state index >= 15 is 0 Å². The SMILES string of the molecule is Cc1cccc(NC(=O)CSCC(=O)Nc2nnc(C3CCCO3)s2)c1. The van der Waals surface area contributed by atoms with Crippen molar-refractivity contribution in [2.24, 2.45) is 0 Å². The fourth-order valence-electron chi connectivity index (χ4n) is 2.50. The first-order chi connectivity index (χ1) is 12.6. The molecular weight excluding hydrogens is 372 g/mol. The largest absolute Gasteiger partial charge is 0.371 e. The Morgan fingerprint density at radius 2 is 2.08 bits per heavy atom. The Morgan fingerprint density at radius 3 is 2.81 bits per heavy atom. The molecular formula is C17H20N4O3S2. The van der Waals surface area contributed by atoms with E-state index in [4.69, 9.17) is 4.74 Å². The van der Waals surface area contributed by atoms with Crippen molar-refractivity contribution >= 4 is 45.7 Å². The molecule has 0 spiro atoms. The molecule has 1 saturated heterocycles. The van der Waals surface area contributed by atoms with Gasteiger partial charge in [-0.2, -0.15) is 0 Å². The van der Waals surface area contributed by atoms with Gasteiger partial charge in [0.2, 0.25) is 16.9 Å². The number of rotatable bonds is 7. The van der Waals surface area contributed by atoms with Crippen molar-refractivity contribution < 1.29 is 14.3 Å². The molecule has 0 bridgehead atoms. The highest BCUT2D eigenvalue weighted by atomic mass is 32.2. The van der Waals surface area contributed by atoms with E-state index in [0.29, 0.717) is 5.13 Å². The van der Waals surface area contributed by atoms with E-state index in [0.717, 1.165) is 35.7 Å². The summed E-state index contributed by atoms with van der Waals surface area (Å²) in [7, 11) is 0. The summed E-state index contributed by atoms with van der Waals surface area (Å²) in [4.78, 5) is 23.9. The summed E-state index contributed by atoms with van der Waals surface area (Å²) in [5.41, 5.74) is 1.84. The van der Waals surface area contributed by atoms with Crippen LogP contribution in [0.15, 0.2) is 24.3 Å². The molecule has 2 amide bonds. The minimum atomic E-state index is -0.201. The van der Waals surface area contributed by atoms with Crippen LogP contribution in [0.25, 0.3) is 0 Å². The van der Waals surface area contributed by atoms with Crippen molar-refractivity contribution in [3.63, 3.8) is 0 Å². The van der Waals surface area contributed by atoms with Crippen molar-refractivity contribution in [1.82, 2.24) is 10.2 Å². The van der Waals surface area contributed by atoms with Crippen LogP contribution in [0.5, 0.6) is 0 Å². The maximum Gasteiger partial charge on any atom is 0.236 e. The van der Waals surface area contributed by atoms with Crippen LogP contribution in [0, 0.1) is 6.92 Å². The van der Waals surface area contributed by atoms with Gasteiger partial charge in [-0.05, 0) is 37.5 Å². The Morgan fingerprint density at radius 1 is 1.27 bits per heavy atom. The van der Waals surface area contributed by atoms with Crippen LogP contribution >= 0.6 is 23.1 Å². The minimum Gasteiger partial charge on any atom is -0.371 e. The number of hydrogen-bond acceptors (Lipinski definition) is 7. The number of ether oxygens (including phenoxy) is 1. The topological polar surface area (TPSA) is 93.2 Å². The number of aromatic nitrogens is 2. The third kappa shape index (κ3) is 5.52. The van der Waals surface area contributed by atoms with Crippen LogP contribution in [0.2, 0.25) is 0 Å². The maximum atomic E-state index is 12.0. The second-order valence-electron chi connectivity index (χ2n) is 5.91. The highest BCUT2D eigenvalue weighted by Crippen LogP contribution is 2.31. The van der Waals surface area contributed by atoms with Crippen LogP contribution < -0.4 is 10.6 Å². The van der Waals surface area contributed by atoms with Gasteiger partial charge in [0.25, 0.3) is 0 Å². The molecule has 0 saturated carbocycles. The number of anilines is 2. The number of nitrogens with one attached hydrogen (secondary N) is 2. The molecule has 26 heavy (non-hydrogen) atoms. The van der Waals surface area contributed by atoms with Crippen LogP contribution in [0.1, 0.15) is 29.5 Å². The lowest BCUT2D eigenvalue weighted by Gasteiger charge is -2.06. The van der Waals surface area contributed by atoms with Gasteiger partial charge in [-0.1, -0.05) is 23.5 Å². The van der Waals surface area contributed by atoms with Crippen LogP contribution in [-0.4, -0.2) is 40.1 Å². The average molecular weight is 393 g/mol. The van der Waals surface area contributed by atoms with Crippen LogP contribution in [0.3, 0.4) is 0 Å². The lowest BCUT2D eigenvalue weighted by Crippen LogP contribution is -2.18. The molecule has 0 radical (unpaired) electrons. The molecule has 1 aliphatic heterocycles. The zero-order chi connectivity index (χ0) is 18.4. The van der Waals surface area contributed by atoms with Crippen molar-refractivity contribution in [2.45, 2.75) is 25.9 Å². The molecule has 2 N–H and O–H groups in total. The highest BCUT2D eigenvalue weighted by Gasteiger charge is 2.22. The molecule has 2 aromatic rings. The zero-order valence-electron chi connectivity index (χ0n) is 14.4. The molecule has 1 aromatic carbocycles. The van der Waals surface area contributed by atoms with E-state index in [1.807, 2.05) is 31.2 Å². The molecule has 1 fully saturated rings. The van der Waals surface area contributed by atoms with Crippen LogP contribution in [-0.2, 0) is 14.3 Å². The number of aryl methyl sites for hydroxylation is 1. The van der Waals surface area contributed by atoms with E-state index in [2.05, 4.69) is 20.8 Å². The molecule has 138 valence electrons. The fourth-order valence-corrected chi connectivity index (χ4v) is 3.96. The standard InChI is InChI=1S/C17H20N4O3S2/c1-11-4-2-5-12(8-11)18-14(22)9-25-10-15(23)19-17-21-20-16(26-17)13-6-3-7-24-13/h2,4-5,8,13H,3,6-7,9-10H2,1H3,(H,18,22)(H,19,21,23). The van der Waals surface area contributed by atoms with Crippen molar-refractivity contribution in [2.75, 3.05) is 28.7 Å². The normalized spacial score (nSPS) is 16.4. The van der Waals surface area contributed by atoms with E-state index in [1.54, 1.807) is 0 Å². The first kappa shape index (κ1) is 18.8. The lowest BCUT2D eigenvalue weighted by atomic mass is 10.2. The van der Waals surface area contributed by atoms with Crippen molar-refractivity contribution in [3.8, 4) is 0 Å². The van der Waals surface area contributed by atoms with Gasteiger partial charge in [0.15, 0.2) is 0 Å². The number of benzene rings is 1.